The Morgan fingerprint density at radius 3 is 2.28 bits per heavy atom. The Balaban J connectivity index is 0.00000225. The largest absolute Gasteiger partial charge is 0.494 e. The first kappa shape index (κ1) is 19.9. The molecule has 2 heterocycles. The van der Waals surface area contributed by atoms with Crippen molar-refractivity contribution >= 4 is 5.69 Å². The van der Waals surface area contributed by atoms with Gasteiger partial charge in [-0.15, -0.1) is 0 Å². The summed E-state index contributed by atoms with van der Waals surface area (Å²) in [5, 5.41) is 0. The zero-order valence-corrected chi connectivity index (χ0v) is 15.9. The molecule has 25 heavy (non-hydrogen) atoms. The van der Waals surface area contributed by atoms with Gasteiger partial charge < -0.3 is 20.7 Å². The van der Waals surface area contributed by atoms with E-state index in [0.717, 1.165) is 69.8 Å². The maximum atomic E-state index is 14.8. The van der Waals surface area contributed by atoms with Crippen LogP contribution in [0.25, 0.3) is 0 Å². The van der Waals surface area contributed by atoms with Crippen LogP contribution in [0.3, 0.4) is 0 Å². The quantitative estimate of drug-likeness (QED) is 0.903. The second-order valence-electron chi connectivity index (χ2n) is 7.00. The maximum Gasteiger partial charge on any atom is 0.188 e. The van der Waals surface area contributed by atoms with Crippen LogP contribution in [0.2, 0.25) is 0 Å². The Morgan fingerprint density at radius 1 is 1.08 bits per heavy atom. The number of piperazine rings is 1. The number of hydrogen-bond acceptors (Lipinski definition) is 5. The first-order valence-corrected chi connectivity index (χ1v) is 9.17. The second kappa shape index (κ2) is 8.83. The van der Waals surface area contributed by atoms with Crippen LogP contribution in [0.5, 0.6) is 5.75 Å². The monoisotopic (exact) mass is 352 g/mol. The molecule has 0 unspecified atom stereocenters. The molecular weight excluding hydrogens is 319 g/mol. The van der Waals surface area contributed by atoms with Crippen molar-refractivity contribution in [2.24, 2.45) is 0 Å². The molecule has 142 valence electrons. The third-order valence-electron chi connectivity index (χ3n) is 5.60. The summed E-state index contributed by atoms with van der Waals surface area (Å²) in [5.41, 5.74) is 1.83. The minimum atomic E-state index is -0.199. The third-order valence-corrected chi connectivity index (χ3v) is 5.60. The Morgan fingerprint density at radius 2 is 1.72 bits per heavy atom. The molecule has 3 N–H and O–H groups in total. The lowest BCUT2D eigenvalue weighted by atomic mass is 9.99. The lowest BCUT2D eigenvalue weighted by Crippen LogP contribution is -2.52. The minimum Gasteiger partial charge on any atom is -0.494 e. The van der Waals surface area contributed by atoms with Gasteiger partial charge in [0, 0.05) is 45.3 Å². The fourth-order valence-electron chi connectivity index (χ4n) is 4.01. The van der Waals surface area contributed by atoms with Gasteiger partial charge in [0.05, 0.1) is 12.8 Å². The minimum absolute atomic E-state index is 0. The predicted octanol–water partition coefficient (Wildman–Crippen LogP) is 2.77. The van der Waals surface area contributed by atoms with Crippen LogP contribution in [0.1, 0.15) is 25.3 Å². The van der Waals surface area contributed by atoms with E-state index in [1.165, 1.54) is 7.11 Å². The molecule has 3 rings (SSSR count). The van der Waals surface area contributed by atoms with Gasteiger partial charge in [-0.2, -0.15) is 0 Å². The van der Waals surface area contributed by atoms with E-state index < -0.39 is 0 Å². The molecule has 2 aliphatic heterocycles. The molecule has 0 radical (unpaired) electrons. The fourth-order valence-corrected chi connectivity index (χ4v) is 4.01. The highest BCUT2D eigenvalue weighted by Gasteiger charge is 2.29. The van der Waals surface area contributed by atoms with E-state index in [1.54, 1.807) is 6.07 Å². The standard InChI is InChI=1S/C19H30FN3O.H3N/c1-4-15-5-6-17(24-3)18(20)19(15)23-9-7-16(8-10-23)22-13-11-21(2)12-14-22;/h5-6,16H,4,7-14H2,1-3H3;1H3. The Bertz CT molecular complexity index is 553. The SMILES string of the molecule is CCc1ccc(OC)c(F)c1N1CCC(N2CCN(C)CC2)CC1.N. The smallest absolute Gasteiger partial charge is 0.188 e. The number of rotatable bonds is 4. The molecular formula is C19H33FN4O. The Kier molecular flexibility index (Phi) is 7.04. The van der Waals surface area contributed by atoms with E-state index in [0.29, 0.717) is 11.8 Å². The summed E-state index contributed by atoms with van der Waals surface area (Å²) in [6.45, 7) is 8.57. The summed E-state index contributed by atoms with van der Waals surface area (Å²) in [5.74, 6) is 0.151. The summed E-state index contributed by atoms with van der Waals surface area (Å²) >= 11 is 0. The maximum absolute atomic E-state index is 14.8. The highest BCUT2D eigenvalue weighted by molar-refractivity contribution is 5.59. The molecule has 1 aromatic carbocycles. The molecule has 0 bridgehead atoms. The molecule has 0 amide bonds. The van der Waals surface area contributed by atoms with Crippen molar-refractivity contribution in [3.05, 3.63) is 23.5 Å². The summed E-state index contributed by atoms with van der Waals surface area (Å²) in [6, 6.07) is 4.40. The topological polar surface area (TPSA) is 54.0 Å². The average molecular weight is 352 g/mol. The van der Waals surface area contributed by atoms with Crippen molar-refractivity contribution in [1.82, 2.24) is 16.0 Å². The molecule has 2 saturated heterocycles. The second-order valence-corrected chi connectivity index (χ2v) is 7.00. The molecule has 0 saturated carbocycles. The van der Waals surface area contributed by atoms with Crippen LogP contribution >= 0.6 is 0 Å². The first-order valence-electron chi connectivity index (χ1n) is 9.17. The van der Waals surface area contributed by atoms with Crippen molar-refractivity contribution in [1.29, 1.82) is 0 Å². The molecule has 0 atom stereocenters. The van der Waals surface area contributed by atoms with Gasteiger partial charge in [0.15, 0.2) is 11.6 Å². The van der Waals surface area contributed by atoms with Gasteiger partial charge in [0.1, 0.15) is 0 Å². The molecule has 2 aliphatic rings. The van der Waals surface area contributed by atoms with Crippen molar-refractivity contribution in [3.63, 3.8) is 0 Å². The van der Waals surface area contributed by atoms with Crippen molar-refractivity contribution in [3.8, 4) is 5.75 Å². The molecule has 1 aromatic rings. The number of benzene rings is 1. The predicted molar refractivity (Wildman–Crippen MR) is 102 cm³/mol. The summed E-state index contributed by atoms with van der Waals surface area (Å²) < 4.78 is 20.0. The highest BCUT2D eigenvalue weighted by atomic mass is 19.1. The fraction of sp³-hybridized carbons (Fsp3) is 0.684. The van der Waals surface area contributed by atoms with Crippen LogP contribution in [0, 0.1) is 5.82 Å². The van der Waals surface area contributed by atoms with E-state index in [9.17, 15) is 4.39 Å². The van der Waals surface area contributed by atoms with Crippen LogP contribution in [0.4, 0.5) is 10.1 Å². The van der Waals surface area contributed by atoms with Gasteiger partial charge in [-0.3, -0.25) is 4.90 Å². The summed E-state index contributed by atoms with van der Waals surface area (Å²) in [6.07, 6.45) is 3.07. The van der Waals surface area contributed by atoms with Crippen LogP contribution in [-0.2, 0) is 6.42 Å². The highest BCUT2D eigenvalue weighted by Crippen LogP contribution is 2.34. The first-order chi connectivity index (χ1) is 11.6. The lowest BCUT2D eigenvalue weighted by Gasteiger charge is -2.43. The van der Waals surface area contributed by atoms with E-state index >= 15 is 0 Å². The number of nitrogens with zero attached hydrogens (tertiary/aromatic N) is 3. The van der Waals surface area contributed by atoms with Crippen LogP contribution in [0.15, 0.2) is 12.1 Å². The van der Waals surface area contributed by atoms with Crippen molar-refractivity contribution < 1.29 is 9.13 Å². The van der Waals surface area contributed by atoms with Crippen molar-refractivity contribution in [2.45, 2.75) is 32.2 Å². The van der Waals surface area contributed by atoms with Gasteiger partial charge in [-0.1, -0.05) is 13.0 Å². The number of anilines is 1. The van der Waals surface area contributed by atoms with E-state index in [4.69, 9.17) is 4.74 Å². The number of ether oxygens (including phenoxy) is 1. The third kappa shape index (κ3) is 4.25. The van der Waals surface area contributed by atoms with Gasteiger partial charge in [-0.05, 0) is 37.9 Å². The lowest BCUT2D eigenvalue weighted by molar-refractivity contribution is 0.0981. The number of aryl methyl sites for hydroxylation is 1. The zero-order chi connectivity index (χ0) is 17.1. The van der Waals surface area contributed by atoms with Crippen LogP contribution in [-0.4, -0.2) is 69.3 Å². The molecule has 6 heteroatoms. The van der Waals surface area contributed by atoms with Gasteiger partial charge in [0.25, 0.3) is 0 Å². The van der Waals surface area contributed by atoms with E-state index in [1.807, 2.05) is 6.07 Å². The number of hydrogen-bond donors (Lipinski definition) is 1. The van der Waals surface area contributed by atoms with E-state index in [2.05, 4.69) is 28.7 Å². The van der Waals surface area contributed by atoms with Gasteiger partial charge in [0.2, 0.25) is 0 Å². The molecule has 0 aromatic heterocycles. The molecule has 0 spiro atoms. The molecule has 5 nitrogen and oxygen atoms in total. The number of halogens is 1. The number of likely N-dealkylation sites (N-methyl/N-ethyl adjacent to an activating group) is 1. The van der Waals surface area contributed by atoms with E-state index in [-0.39, 0.29) is 12.0 Å². The van der Waals surface area contributed by atoms with Gasteiger partial charge in [-0.25, -0.2) is 4.39 Å². The number of methoxy groups -OCH3 is 1. The molecule has 0 aliphatic carbocycles. The Hall–Kier alpha value is -1.37. The number of piperidine rings is 1. The Labute approximate surface area is 151 Å². The normalized spacial score (nSPS) is 20.4. The summed E-state index contributed by atoms with van der Waals surface area (Å²) in [4.78, 5) is 7.24. The van der Waals surface area contributed by atoms with Crippen molar-refractivity contribution in [2.75, 3.05) is 58.3 Å². The molecule has 2 fully saturated rings. The van der Waals surface area contributed by atoms with Gasteiger partial charge >= 0.3 is 0 Å². The zero-order valence-electron chi connectivity index (χ0n) is 15.9. The summed E-state index contributed by atoms with van der Waals surface area (Å²) in [7, 11) is 3.73. The van der Waals surface area contributed by atoms with Crippen LogP contribution < -0.4 is 15.8 Å². The average Bonchev–Trinajstić information content (AvgIpc) is 2.62.